The van der Waals surface area contributed by atoms with Crippen molar-refractivity contribution in [1.29, 1.82) is 0 Å². The Morgan fingerprint density at radius 2 is 1.67 bits per heavy atom. The Morgan fingerprint density at radius 3 is 2.19 bits per heavy atom. The summed E-state index contributed by atoms with van der Waals surface area (Å²) in [6.45, 7) is 6.45. The van der Waals surface area contributed by atoms with Gasteiger partial charge in [0.25, 0.3) is 0 Å². The van der Waals surface area contributed by atoms with Gasteiger partial charge in [-0.2, -0.15) is 0 Å². The minimum absolute atomic E-state index is 0.0641. The van der Waals surface area contributed by atoms with E-state index in [0.717, 1.165) is 5.56 Å². The predicted molar refractivity (Wildman–Crippen MR) is 90.3 cm³/mol. The van der Waals surface area contributed by atoms with Crippen molar-refractivity contribution in [1.82, 2.24) is 0 Å². The maximum Gasteiger partial charge on any atom is 0.148 e. The molecule has 0 aliphatic rings. The second-order valence-corrected chi connectivity index (χ2v) is 7.35. The van der Waals surface area contributed by atoms with Crippen molar-refractivity contribution in [2.45, 2.75) is 32.2 Å². The lowest BCUT2D eigenvalue weighted by Gasteiger charge is -2.20. The van der Waals surface area contributed by atoms with Gasteiger partial charge in [0.2, 0.25) is 0 Å². The highest BCUT2D eigenvalue weighted by Gasteiger charge is 2.19. The van der Waals surface area contributed by atoms with Gasteiger partial charge >= 0.3 is 0 Å². The van der Waals surface area contributed by atoms with Crippen molar-refractivity contribution in [2.75, 3.05) is 0 Å². The van der Waals surface area contributed by atoms with Crippen molar-refractivity contribution in [3.63, 3.8) is 0 Å². The molecule has 4 heteroatoms. The molecule has 1 unspecified atom stereocenters. The van der Waals surface area contributed by atoms with Gasteiger partial charge in [0.15, 0.2) is 0 Å². The van der Waals surface area contributed by atoms with E-state index in [9.17, 15) is 4.39 Å². The molecule has 2 aromatic carbocycles. The van der Waals surface area contributed by atoms with Gasteiger partial charge in [0.1, 0.15) is 5.82 Å². The van der Waals surface area contributed by atoms with Crippen molar-refractivity contribution < 1.29 is 4.39 Å². The molecule has 2 rings (SSSR count). The number of benzene rings is 2. The molecule has 0 aliphatic heterocycles. The third kappa shape index (κ3) is 3.47. The van der Waals surface area contributed by atoms with Gasteiger partial charge in [-0.1, -0.05) is 62.7 Å². The highest BCUT2D eigenvalue weighted by atomic mass is 79.9. The highest BCUT2D eigenvalue weighted by molar-refractivity contribution is 9.10. The van der Waals surface area contributed by atoms with Crippen LogP contribution in [0.3, 0.4) is 0 Å². The Morgan fingerprint density at radius 1 is 1.10 bits per heavy atom. The molecule has 21 heavy (non-hydrogen) atoms. The molecular formula is C17H18BrClFN. The Hall–Kier alpha value is -0.900. The first-order valence-electron chi connectivity index (χ1n) is 6.71. The first kappa shape index (κ1) is 16.5. The average Bonchev–Trinajstić information content (AvgIpc) is 2.43. The number of nitrogens with two attached hydrogens (primary N) is 1. The molecule has 0 amide bonds. The second kappa shape index (κ2) is 6.07. The monoisotopic (exact) mass is 369 g/mol. The van der Waals surface area contributed by atoms with Crippen LogP contribution in [0.1, 0.15) is 43.5 Å². The van der Waals surface area contributed by atoms with E-state index < -0.39 is 11.9 Å². The minimum atomic E-state index is -0.537. The maximum absolute atomic E-state index is 14.2. The molecule has 0 saturated heterocycles. The molecule has 0 radical (unpaired) electrons. The predicted octanol–water partition coefficient (Wildman–Crippen LogP) is 5.59. The van der Waals surface area contributed by atoms with Crippen LogP contribution >= 0.6 is 27.5 Å². The van der Waals surface area contributed by atoms with Crippen LogP contribution in [0.5, 0.6) is 0 Å². The molecule has 0 aliphatic carbocycles. The van der Waals surface area contributed by atoms with E-state index in [1.165, 1.54) is 5.56 Å². The summed E-state index contributed by atoms with van der Waals surface area (Å²) in [7, 11) is 0. The smallest absolute Gasteiger partial charge is 0.148 e. The Labute approximate surface area is 138 Å². The summed E-state index contributed by atoms with van der Waals surface area (Å²) in [6, 6.07) is 10.8. The summed E-state index contributed by atoms with van der Waals surface area (Å²) in [5, 5.41) is 0.0641. The van der Waals surface area contributed by atoms with Gasteiger partial charge in [-0.3, -0.25) is 0 Å². The van der Waals surface area contributed by atoms with Gasteiger partial charge in [-0.15, -0.1) is 0 Å². The number of hydrogen-bond acceptors (Lipinski definition) is 1. The molecule has 1 nitrogen and oxygen atoms in total. The van der Waals surface area contributed by atoms with Gasteiger partial charge < -0.3 is 5.73 Å². The lowest BCUT2D eigenvalue weighted by Crippen LogP contribution is -2.15. The zero-order chi connectivity index (χ0) is 15.8. The molecule has 2 N–H and O–H groups in total. The van der Waals surface area contributed by atoms with E-state index >= 15 is 0 Å². The van der Waals surface area contributed by atoms with E-state index in [-0.39, 0.29) is 10.4 Å². The minimum Gasteiger partial charge on any atom is -0.320 e. The van der Waals surface area contributed by atoms with Gasteiger partial charge in [-0.25, -0.2) is 4.39 Å². The van der Waals surface area contributed by atoms with Gasteiger partial charge in [0.05, 0.1) is 11.1 Å². The molecule has 0 fully saturated rings. The quantitative estimate of drug-likeness (QED) is 0.685. The molecule has 1 atom stereocenters. The van der Waals surface area contributed by atoms with E-state index in [2.05, 4.69) is 36.7 Å². The lowest BCUT2D eigenvalue weighted by molar-refractivity contribution is 0.588. The molecule has 0 aromatic heterocycles. The zero-order valence-corrected chi connectivity index (χ0v) is 14.6. The first-order valence-corrected chi connectivity index (χ1v) is 7.88. The Kier molecular flexibility index (Phi) is 4.76. The summed E-state index contributed by atoms with van der Waals surface area (Å²) < 4.78 is 14.8. The zero-order valence-electron chi connectivity index (χ0n) is 12.3. The van der Waals surface area contributed by atoms with Gasteiger partial charge in [0, 0.05) is 10.0 Å². The fourth-order valence-electron chi connectivity index (χ4n) is 2.15. The summed E-state index contributed by atoms with van der Waals surface area (Å²) >= 11 is 9.13. The molecule has 0 bridgehead atoms. The van der Waals surface area contributed by atoms with Crippen molar-refractivity contribution in [2.24, 2.45) is 5.73 Å². The maximum atomic E-state index is 14.2. The normalized spacial score (nSPS) is 13.3. The van der Waals surface area contributed by atoms with Crippen LogP contribution in [0.4, 0.5) is 4.39 Å². The standard InChI is InChI=1S/C17H18BrClFN/c1-17(2,3)11-6-4-10(5-7-11)16(21)12-8-9-13(18)14(19)15(12)20/h4-9,16H,21H2,1-3H3. The number of rotatable bonds is 2. The van der Waals surface area contributed by atoms with Crippen molar-refractivity contribution >= 4 is 27.5 Å². The van der Waals surface area contributed by atoms with Crippen molar-refractivity contribution in [3.05, 3.63) is 68.4 Å². The van der Waals surface area contributed by atoms with E-state index in [4.69, 9.17) is 17.3 Å². The fourth-order valence-corrected chi connectivity index (χ4v) is 2.63. The molecule has 112 valence electrons. The van der Waals surface area contributed by atoms with E-state index in [0.29, 0.717) is 10.0 Å². The number of hydrogen-bond donors (Lipinski definition) is 1. The fraction of sp³-hybridized carbons (Fsp3) is 0.294. The summed E-state index contributed by atoms with van der Waals surface area (Å²) in [4.78, 5) is 0. The molecule has 2 aromatic rings. The van der Waals surface area contributed by atoms with Crippen LogP contribution < -0.4 is 5.73 Å². The van der Waals surface area contributed by atoms with E-state index in [1.54, 1.807) is 12.1 Å². The molecular weight excluding hydrogens is 353 g/mol. The molecule has 0 spiro atoms. The van der Waals surface area contributed by atoms with Gasteiger partial charge in [-0.05, 0) is 38.5 Å². The number of halogens is 3. The molecule has 0 saturated carbocycles. The third-order valence-corrected chi connectivity index (χ3v) is 4.79. The molecule has 0 heterocycles. The third-order valence-electron chi connectivity index (χ3n) is 3.54. The van der Waals surface area contributed by atoms with E-state index in [1.807, 2.05) is 24.3 Å². The summed E-state index contributed by atoms with van der Waals surface area (Å²) in [5.41, 5.74) is 8.73. The van der Waals surface area contributed by atoms with Crippen LogP contribution in [0.15, 0.2) is 40.9 Å². The second-order valence-electron chi connectivity index (χ2n) is 6.11. The summed E-state index contributed by atoms with van der Waals surface area (Å²) in [5.74, 6) is -0.474. The van der Waals surface area contributed by atoms with Crippen LogP contribution in [0.2, 0.25) is 5.02 Å². The Balaban J connectivity index is 2.37. The largest absolute Gasteiger partial charge is 0.320 e. The summed E-state index contributed by atoms with van der Waals surface area (Å²) in [6.07, 6.45) is 0. The topological polar surface area (TPSA) is 26.0 Å². The first-order chi connectivity index (χ1) is 9.71. The van der Waals surface area contributed by atoms with Crippen LogP contribution in [-0.2, 0) is 5.41 Å². The van der Waals surface area contributed by atoms with Crippen LogP contribution in [0, 0.1) is 5.82 Å². The average molecular weight is 371 g/mol. The van der Waals surface area contributed by atoms with Crippen molar-refractivity contribution in [3.8, 4) is 0 Å². The van der Waals surface area contributed by atoms with Crippen LogP contribution in [-0.4, -0.2) is 0 Å². The Bertz CT molecular complexity index is 647. The lowest BCUT2D eigenvalue weighted by atomic mass is 9.86. The SMILES string of the molecule is CC(C)(C)c1ccc(C(N)c2ccc(Br)c(Cl)c2F)cc1. The highest BCUT2D eigenvalue weighted by Crippen LogP contribution is 2.32. The van der Waals surface area contributed by atoms with Crippen LogP contribution in [0.25, 0.3) is 0 Å².